The molecule has 5 nitrogen and oxygen atoms in total. The van der Waals surface area contributed by atoms with Gasteiger partial charge in [-0.2, -0.15) is 0 Å². The molecule has 5 heteroatoms. The second-order valence-corrected chi connectivity index (χ2v) is 3.52. The van der Waals surface area contributed by atoms with E-state index in [0.717, 1.165) is 17.9 Å². The molecule has 0 amide bonds. The number of nitrogens with zero attached hydrogens (tertiary/aromatic N) is 2. The molecule has 82 valence electrons. The van der Waals surface area contributed by atoms with Gasteiger partial charge in [0.05, 0.1) is 6.20 Å². The van der Waals surface area contributed by atoms with Crippen LogP contribution in [0.1, 0.15) is 26.2 Å². The summed E-state index contributed by atoms with van der Waals surface area (Å²) in [7, 11) is 0. The first kappa shape index (κ1) is 10.0. The van der Waals surface area contributed by atoms with Gasteiger partial charge in [-0.25, -0.2) is 15.9 Å². The maximum Gasteiger partial charge on any atom is 0.146 e. The smallest absolute Gasteiger partial charge is 0.146 e. The van der Waals surface area contributed by atoms with Gasteiger partial charge in [-0.3, -0.25) is 5.01 Å². The first-order valence-electron chi connectivity index (χ1n) is 5.30. The molecule has 2 rings (SSSR count). The van der Waals surface area contributed by atoms with Crippen LogP contribution in [0.25, 0.3) is 0 Å². The minimum absolute atomic E-state index is 0.889. The summed E-state index contributed by atoms with van der Waals surface area (Å²) >= 11 is 0. The van der Waals surface area contributed by atoms with Crippen molar-refractivity contribution in [2.24, 2.45) is 4.99 Å². The van der Waals surface area contributed by atoms with Crippen molar-refractivity contribution in [1.82, 2.24) is 15.9 Å². The monoisotopic (exact) mass is 208 g/mol. The summed E-state index contributed by atoms with van der Waals surface area (Å²) < 4.78 is 0. The van der Waals surface area contributed by atoms with Crippen LogP contribution in [0.5, 0.6) is 0 Å². The Labute approximate surface area is 89.4 Å². The molecule has 0 radical (unpaired) electrons. The maximum atomic E-state index is 5.01. The third kappa shape index (κ3) is 2.30. The van der Waals surface area contributed by atoms with Gasteiger partial charge in [0.1, 0.15) is 24.0 Å². The standard InChI is InChI=1S/C10H16N4O/c1-2-3-4-5-12-14-8-11-6-9-10(14)7-15-13-9/h6-8,12-13H,2-5H2,1H3. The summed E-state index contributed by atoms with van der Waals surface area (Å²) in [5, 5.41) is 1.88. The third-order valence-electron chi connectivity index (χ3n) is 2.32. The fraction of sp³-hybridized carbons (Fsp3) is 0.500. The Morgan fingerprint density at radius 2 is 2.47 bits per heavy atom. The average molecular weight is 208 g/mol. The van der Waals surface area contributed by atoms with E-state index >= 15 is 0 Å². The fourth-order valence-corrected chi connectivity index (χ4v) is 1.48. The number of nitrogens with one attached hydrogen (secondary N) is 2. The van der Waals surface area contributed by atoms with Crippen molar-refractivity contribution in [3.63, 3.8) is 0 Å². The first-order valence-corrected chi connectivity index (χ1v) is 5.30. The van der Waals surface area contributed by atoms with Gasteiger partial charge in [0, 0.05) is 6.54 Å². The minimum atomic E-state index is 0.889. The summed E-state index contributed by atoms with van der Waals surface area (Å²) in [5.41, 5.74) is 7.91. The van der Waals surface area contributed by atoms with Gasteiger partial charge >= 0.3 is 0 Å². The van der Waals surface area contributed by atoms with Crippen molar-refractivity contribution in [3.05, 3.63) is 23.9 Å². The number of hydrazine groups is 1. The second kappa shape index (κ2) is 4.84. The predicted octanol–water partition coefficient (Wildman–Crippen LogP) is 1.24. The third-order valence-corrected chi connectivity index (χ3v) is 2.32. The van der Waals surface area contributed by atoms with E-state index < -0.39 is 0 Å². The van der Waals surface area contributed by atoms with Crippen LogP contribution in [0.3, 0.4) is 0 Å². The molecule has 0 aliphatic carbocycles. The summed E-state index contributed by atoms with van der Waals surface area (Å²) in [6.07, 6.45) is 8.80. The van der Waals surface area contributed by atoms with Crippen molar-refractivity contribution < 1.29 is 4.84 Å². The molecule has 0 bridgehead atoms. The molecule has 0 aromatic rings. The minimum Gasteiger partial charge on any atom is -0.388 e. The van der Waals surface area contributed by atoms with Gasteiger partial charge in [-0.1, -0.05) is 19.8 Å². The number of hydrogen-bond donors (Lipinski definition) is 2. The lowest BCUT2D eigenvalue weighted by Gasteiger charge is -2.22. The lowest BCUT2D eigenvalue weighted by molar-refractivity contribution is 0.186. The van der Waals surface area contributed by atoms with Gasteiger partial charge in [-0.05, 0) is 6.42 Å². The largest absolute Gasteiger partial charge is 0.388 e. The van der Waals surface area contributed by atoms with E-state index in [-0.39, 0.29) is 0 Å². The summed E-state index contributed by atoms with van der Waals surface area (Å²) in [6, 6.07) is 0. The predicted molar refractivity (Wildman–Crippen MR) is 58.2 cm³/mol. The van der Waals surface area contributed by atoms with E-state index in [1.165, 1.54) is 19.3 Å². The number of fused-ring (bicyclic) bond motifs is 1. The molecule has 0 fully saturated rings. The van der Waals surface area contributed by atoms with Gasteiger partial charge < -0.3 is 4.84 Å². The van der Waals surface area contributed by atoms with E-state index in [1.807, 2.05) is 5.01 Å². The SMILES string of the molecule is CCCCCNN1C=NC=C2NOC=C21. The van der Waals surface area contributed by atoms with E-state index in [0.29, 0.717) is 0 Å². The molecule has 2 heterocycles. The molecular weight excluding hydrogens is 192 g/mol. The first-order chi connectivity index (χ1) is 7.42. The zero-order valence-corrected chi connectivity index (χ0v) is 8.86. The maximum absolute atomic E-state index is 5.01. The summed E-state index contributed by atoms with van der Waals surface area (Å²) in [4.78, 5) is 9.10. The molecule has 0 saturated carbocycles. The normalized spacial score (nSPS) is 17.8. The number of aliphatic imine (C=N–C) groups is 1. The molecule has 0 unspecified atom stereocenters. The molecule has 0 saturated heterocycles. The highest BCUT2D eigenvalue weighted by Gasteiger charge is 2.20. The molecule has 2 N–H and O–H groups in total. The lowest BCUT2D eigenvalue weighted by Crippen LogP contribution is -2.38. The zero-order chi connectivity index (χ0) is 10.5. The molecule has 0 atom stereocenters. The van der Waals surface area contributed by atoms with Crippen LogP contribution in [0.2, 0.25) is 0 Å². The quantitative estimate of drug-likeness (QED) is 0.667. The Kier molecular flexibility index (Phi) is 3.24. The Bertz CT molecular complexity index is 309. The average Bonchev–Trinajstić information content (AvgIpc) is 2.73. The molecule has 15 heavy (non-hydrogen) atoms. The van der Waals surface area contributed by atoms with Crippen LogP contribution in [0, 0.1) is 0 Å². The van der Waals surface area contributed by atoms with Crippen LogP contribution in [-0.2, 0) is 4.84 Å². The molecule has 0 spiro atoms. The number of rotatable bonds is 5. The summed E-state index contributed by atoms with van der Waals surface area (Å²) in [5.74, 6) is 0. The Morgan fingerprint density at radius 1 is 1.53 bits per heavy atom. The van der Waals surface area contributed by atoms with E-state index in [1.54, 1.807) is 18.8 Å². The molecule has 2 aliphatic rings. The second-order valence-electron chi connectivity index (χ2n) is 3.52. The van der Waals surface area contributed by atoms with Gasteiger partial charge in [-0.15, -0.1) is 0 Å². The number of unbranched alkanes of at least 4 members (excludes halogenated alkanes) is 2. The van der Waals surface area contributed by atoms with Crippen molar-refractivity contribution in [1.29, 1.82) is 0 Å². The molecule has 2 aliphatic heterocycles. The van der Waals surface area contributed by atoms with Crippen molar-refractivity contribution in [2.45, 2.75) is 26.2 Å². The van der Waals surface area contributed by atoms with Crippen molar-refractivity contribution in [3.8, 4) is 0 Å². The Hall–Kier alpha value is -1.49. The van der Waals surface area contributed by atoms with Crippen LogP contribution in [0.4, 0.5) is 0 Å². The van der Waals surface area contributed by atoms with Gasteiger partial charge in [0.25, 0.3) is 0 Å². The highest BCUT2D eigenvalue weighted by Crippen LogP contribution is 2.18. The van der Waals surface area contributed by atoms with Gasteiger partial charge in [0.2, 0.25) is 0 Å². The molecular formula is C10H16N4O. The number of hydrogen-bond acceptors (Lipinski definition) is 5. The van der Waals surface area contributed by atoms with E-state index in [9.17, 15) is 0 Å². The van der Waals surface area contributed by atoms with Crippen molar-refractivity contribution >= 4 is 6.34 Å². The van der Waals surface area contributed by atoms with Crippen LogP contribution in [-0.4, -0.2) is 17.9 Å². The van der Waals surface area contributed by atoms with Crippen molar-refractivity contribution in [2.75, 3.05) is 6.54 Å². The molecule has 0 aromatic heterocycles. The Morgan fingerprint density at radius 3 is 3.33 bits per heavy atom. The topological polar surface area (TPSA) is 48.9 Å². The highest BCUT2D eigenvalue weighted by molar-refractivity contribution is 5.63. The lowest BCUT2D eigenvalue weighted by atomic mass is 10.2. The highest BCUT2D eigenvalue weighted by atomic mass is 16.6. The van der Waals surface area contributed by atoms with Crippen LogP contribution in [0.15, 0.2) is 28.8 Å². The molecule has 0 aromatic carbocycles. The number of hydroxylamine groups is 1. The Balaban J connectivity index is 1.83. The fourth-order valence-electron chi connectivity index (χ4n) is 1.48. The van der Waals surface area contributed by atoms with Gasteiger partial charge in [0.15, 0.2) is 0 Å². The zero-order valence-electron chi connectivity index (χ0n) is 8.86. The van der Waals surface area contributed by atoms with E-state index in [4.69, 9.17) is 4.84 Å². The van der Waals surface area contributed by atoms with Crippen LogP contribution >= 0.6 is 0 Å². The summed E-state index contributed by atoms with van der Waals surface area (Å²) in [6.45, 7) is 3.14. The van der Waals surface area contributed by atoms with Crippen LogP contribution < -0.4 is 10.9 Å². The van der Waals surface area contributed by atoms with E-state index in [2.05, 4.69) is 22.8 Å².